The maximum absolute atomic E-state index is 3.57. The van der Waals surface area contributed by atoms with Crippen LogP contribution in [0.5, 0.6) is 0 Å². The van der Waals surface area contributed by atoms with Gasteiger partial charge >= 0.3 is 0 Å². The van der Waals surface area contributed by atoms with Crippen molar-refractivity contribution in [3.05, 3.63) is 35.9 Å². The molecule has 98 valence electrons. The highest BCUT2D eigenvalue weighted by molar-refractivity contribution is 5.21. The third kappa shape index (κ3) is 2.60. The number of piperidine rings is 1. The van der Waals surface area contributed by atoms with Gasteiger partial charge in [-0.3, -0.25) is 4.90 Å². The van der Waals surface area contributed by atoms with Crippen molar-refractivity contribution >= 4 is 0 Å². The van der Waals surface area contributed by atoms with Gasteiger partial charge in [-0.25, -0.2) is 0 Å². The van der Waals surface area contributed by atoms with Crippen molar-refractivity contribution in [3.63, 3.8) is 0 Å². The summed E-state index contributed by atoms with van der Waals surface area (Å²) in [6, 6.07) is 11.8. The predicted molar refractivity (Wildman–Crippen MR) is 75.8 cm³/mol. The maximum atomic E-state index is 3.57. The zero-order chi connectivity index (χ0) is 12.4. The number of nitrogens with one attached hydrogen (secondary N) is 1. The number of benzene rings is 1. The first-order chi connectivity index (χ1) is 8.83. The van der Waals surface area contributed by atoms with E-state index in [-0.39, 0.29) is 0 Å². The van der Waals surface area contributed by atoms with Crippen LogP contribution in [0.4, 0.5) is 0 Å². The molecule has 0 saturated carbocycles. The first kappa shape index (κ1) is 12.2. The summed E-state index contributed by atoms with van der Waals surface area (Å²) in [6.45, 7) is 7.28. The second-order valence-corrected chi connectivity index (χ2v) is 6.04. The molecule has 0 radical (unpaired) electrons. The fraction of sp³-hybridized carbons (Fsp3) is 0.625. The van der Waals surface area contributed by atoms with Gasteiger partial charge in [0.15, 0.2) is 0 Å². The third-order valence-electron chi connectivity index (χ3n) is 4.55. The van der Waals surface area contributed by atoms with Gasteiger partial charge in [-0.2, -0.15) is 0 Å². The van der Waals surface area contributed by atoms with E-state index in [0.717, 1.165) is 17.9 Å². The van der Waals surface area contributed by atoms with Gasteiger partial charge in [-0.05, 0) is 43.3 Å². The summed E-state index contributed by atoms with van der Waals surface area (Å²) < 4.78 is 0. The van der Waals surface area contributed by atoms with E-state index in [2.05, 4.69) is 47.5 Å². The lowest BCUT2D eigenvalue weighted by atomic mass is 9.96. The lowest BCUT2D eigenvalue weighted by molar-refractivity contribution is 0.174. The van der Waals surface area contributed by atoms with Crippen molar-refractivity contribution in [2.45, 2.75) is 31.7 Å². The van der Waals surface area contributed by atoms with Crippen LogP contribution in [0.25, 0.3) is 0 Å². The molecule has 0 amide bonds. The molecule has 2 nitrogen and oxygen atoms in total. The van der Waals surface area contributed by atoms with E-state index >= 15 is 0 Å². The molecule has 1 aromatic carbocycles. The normalized spacial score (nSPS) is 33.7. The number of likely N-dealkylation sites (tertiary alicyclic amines) is 1. The summed E-state index contributed by atoms with van der Waals surface area (Å²) in [4.78, 5) is 2.71. The van der Waals surface area contributed by atoms with E-state index in [1.807, 2.05) is 0 Å². The molecular weight excluding hydrogens is 220 g/mol. The highest BCUT2D eigenvalue weighted by Gasteiger charge is 2.31. The molecule has 2 fully saturated rings. The van der Waals surface area contributed by atoms with Crippen molar-refractivity contribution in [2.75, 3.05) is 26.2 Å². The Morgan fingerprint density at radius 2 is 2.00 bits per heavy atom. The van der Waals surface area contributed by atoms with Crippen molar-refractivity contribution < 1.29 is 0 Å². The smallest absolute Gasteiger partial charge is 0.0223 e. The first-order valence-electron chi connectivity index (χ1n) is 7.32. The molecule has 2 aliphatic heterocycles. The average molecular weight is 244 g/mol. The van der Waals surface area contributed by atoms with Crippen LogP contribution in [0, 0.1) is 5.92 Å². The maximum Gasteiger partial charge on any atom is 0.0223 e. The molecule has 0 aliphatic carbocycles. The Labute approximate surface area is 110 Å². The molecule has 1 N–H and O–H groups in total. The third-order valence-corrected chi connectivity index (χ3v) is 4.55. The zero-order valence-corrected chi connectivity index (χ0v) is 11.3. The molecular formula is C16H24N2. The van der Waals surface area contributed by atoms with Gasteiger partial charge in [0.1, 0.15) is 0 Å². The highest BCUT2D eigenvalue weighted by atomic mass is 15.2. The first-order valence-corrected chi connectivity index (χ1v) is 7.32. The minimum Gasteiger partial charge on any atom is -0.315 e. The minimum absolute atomic E-state index is 0.753. The average Bonchev–Trinajstić information content (AvgIpc) is 2.89. The van der Waals surface area contributed by atoms with Crippen LogP contribution in [-0.2, 0) is 0 Å². The van der Waals surface area contributed by atoms with Crippen molar-refractivity contribution in [1.82, 2.24) is 10.2 Å². The highest BCUT2D eigenvalue weighted by Crippen LogP contribution is 2.30. The van der Waals surface area contributed by atoms with E-state index in [1.54, 1.807) is 0 Å². The summed E-state index contributed by atoms with van der Waals surface area (Å²) in [5.41, 5.74) is 1.52. The molecule has 1 aromatic rings. The summed E-state index contributed by atoms with van der Waals surface area (Å²) >= 11 is 0. The van der Waals surface area contributed by atoms with Gasteiger partial charge in [0.25, 0.3) is 0 Å². The molecule has 0 aromatic heterocycles. The minimum atomic E-state index is 0.753. The molecule has 2 heteroatoms. The fourth-order valence-electron chi connectivity index (χ4n) is 3.52. The molecule has 0 spiro atoms. The second kappa shape index (κ2) is 5.41. The summed E-state index contributed by atoms with van der Waals surface area (Å²) in [5.74, 6) is 1.59. The Morgan fingerprint density at radius 3 is 2.78 bits per heavy atom. The Hall–Kier alpha value is -0.860. The van der Waals surface area contributed by atoms with E-state index in [1.165, 1.54) is 44.6 Å². The molecule has 3 atom stereocenters. The number of nitrogens with zero attached hydrogens (tertiary/aromatic N) is 1. The summed E-state index contributed by atoms with van der Waals surface area (Å²) in [6.07, 6.45) is 2.70. The van der Waals surface area contributed by atoms with Crippen LogP contribution >= 0.6 is 0 Å². The van der Waals surface area contributed by atoms with Crippen molar-refractivity contribution in [1.29, 1.82) is 0 Å². The van der Waals surface area contributed by atoms with Gasteiger partial charge in [0.05, 0.1) is 0 Å². The van der Waals surface area contributed by atoms with Crippen molar-refractivity contribution in [2.24, 2.45) is 5.92 Å². The molecule has 3 unspecified atom stereocenters. The fourth-order valence-corrected chi connectivity index (χ4v) is 3.52. The van der Waals surface area contributed by atoms with Gasteiger partial charge in [0, 0.05) is 19.1 Å². The SMILES string of the molecule is CC1CNCC(N2CCC(c3ccccc3)C2)C1. The Bertz CT molecular complexity index is 376. The Balaban J connectivity index is 1.61. The predicted octanol–water partition coefficient (Wildman–Crippen LogP) is 2.47. The van der Waals surface area contributed by atoms with E-state index in [9.17, 15) is 0 Å². The van der Waals surface area contributed by atoms with Crippen LogP contribution in [0.1, 0.15) is 31.2 Å². The topological polar surface area (TPSA) is 15.3 Å². The van der Waals surface area contributed by atoms with Crippen LogP contribution in [0.15, 0.2) is 30.3 Å². The number of hydrogen-bond donors (Lipinski definition) is 1. The van der Waals surface area contributed by atoms with Crippen LogP contribution < -0.4 is 5.32 Å². The number of hydrogen-bond acceptors (Lipinski definition) is 2. The Morgan fingerprint density at radius 1 is 1.17 bits per heavy atom. The van der Waals surface area contributed by atoms with Crippen LogP contribution in [0.2, 0.25) is 0 Å². The molecule has 3 rings (SSSR count). The zero-order valence-electron chi connectivity index (χ0n) is 11.3. The van der Waals surface area contributed by atoms with Gasteiger partial charge in [0.2, 0.25) is 0 Å². The van der Waals surface area contributed by atoms with Crippen LogP contribution in [-0.4, -0.2) is 37.1 Å². The van der Waals surface area contributed by atoms with Crippen molar-refractivity contribution in [3.8, 4) is 0 Å². The monoisotopic (exact) mass is 244 g/mol. The molecule has 2 aliphatic rings. The quantitative estimate of drug-likeness (QED) is 0.860. The van der Waals surface area contributed by atoms with Gasteiger partial charge in [-0.15, -0.1) is 0 Å². The molecule has 0 bridgehead atoms. The van der Waals surface area contributed by atoms with Crippen LogP contribution in [0.3, 0.4) is 0 Å². The van der Waals surface area contributed by atoms with E-state index < -0.39 is 0 Å². The van der Waals surface area contributed by atoms with Gasteiger partial charge < -0.3 is 5.32 Å². The largest absolute Gasteiger partial charge is 0.315 e. The standard InChI is InChI=1S/C16H24N2/c1-13-9-16(11-17-10-13)18-8-7-15(12-18)14-5-3-2-4-6-14/h2-6,13,15-17H,7-12H2,1H3. The number of rotatable bonds is 2. The lowest BCUT2D eigenvalue weighted by Gasteiger charge is -2.34. The summed E-state index contributed by atoms with van der Waals surface area (Å²) in [7, 11) is 0. The van der Waals surface area contributed by atoms with E-state index in [4.69, 9.17) is 0 Å². The van der Waals surface area contributed by atoms with E-state index in [0.29, 0.717) is 0 Å². The lowest BCUT2D eigenvalue weighted by Crippen LogP contribution is -2.47. The molecule has 2 saturated heterocycles. The second-order valence-electron chi connectivity index (χ2n) is 6.04. The summed E-state index contributed by atoms with van der Waals surface area (Å²) in [5, 5.41) is 3.57. The Kier molecular flexibility index (Phi) is 3.67. The van der Waals surface area contributed by atoms with Gasteiger partial charge in [-0.1, -0.05) is 37.3 Å². The molecule has 18 heavy (non-hydrogen) atoms. The molecule has 2 heterocycles.